The molecule has 1 atom stereocenters. The molecule has 0 N–H and O–H groups in total. The summed E-state index contributed by atoms with van der Waals surface area (Å²) >= 11 is 0. The molecule has 7 nitrogen and oxygen atoms in total. The summed E-state index contributed by atoms with van der Waals surface area (Å²) in [5.41, 5.74) is 4.89. The lowest BCUT2D eigenvalue weighted by molar-refractivity contribution is 0.0586. The van der Waals surface area contributed by atoms with Gasteiger partial charge in [-0.2, -0.15) is 0 Å². The quantitative estimate of drug-likeness (QED) is 0.601. The van der Waals surface area contributed by atoms with Crippen molar-refractivity contribution >= 4 is 11.6 Å². The third-order valence-electron chi connectivity index (χ3n) is 7.23. The third-order valence-corrected chi connectivity index (χ3v) is 7.23. The summed E-state index contributed by atoms with van der Waals surface area (Å²) in [7, 11) is 2.13. The molecule has 1 aliphatic carbocycles. The molecule has 1 saturated heterocycles. The Morgan fingerprint density at radius 1 is 1.15 bits per heavy atom. The van der Waals surface area contributed by atoms with Crippen LogP contribution in [0.15, 0.2) is 42.7 Å². The molecule has 0 unspecified atom stereocenters. The van der Waals surface area contributed by atoms with Crippen LogP contribution in [0.2, 0.25) is 0 Å². The number of piperazine rings is 1. The third kappa shape index (κ3) is 4.27. The van der Waals surface area contributed by atoms with Crippen LogP contribution in [-0.4, -0.2) is 74.2 Å². The number of fused-ring (bicyclic) bond motifs is 2. The Balaban J connectivity index is 1.43. The zero-order valence-corrected chi connectivity index (χ0v) is 19.9. The minimum Gasteiger partial charge on any atom is -0.335 e. The van der Waals surface area contributed by atoms with Crippen LogP contribution < -0.4 is 0 Å². The summed E-state index contributed by atoms with van der Waals surface area (Å²) < 4.78 is 1.97. The van der Waals surface area contributed by atoms with Crippen LogP contribution in [0.4, 0.5) is 0 Å². The maximum Gasteiger partial charge on any atom is 0.272 e. The molecular weight excluding hydrogens is 412 g/mol. The standard InChI is InChI=1S/C26H34N6O/c1-19(2)30-14-16-31(17-15-30)26(33)25-21(28-23-11-4-5-13-32(23)25)18-29(3)22-10-6-8-20-9-7-12-27-24(20)22/h4-5,7,9,11-13,19,22H,6,8,10,14-18H2,1-3H3/t22-/m0/s1. The van der Waals surface area contributed by atoms with Gasteiger partial charge in [0.2, 0.25) is 0 Å². The number of hydrogen-bond donors (Lipinski definition) is 0. The van der Waals surface area contributed by atoms with Crippen LogP contribution in [0.3, 0.4) is 0 Å². The number of carbonyl (C=O) groups is 1. The highest BCUT2D eigenvalue weighted by molar-refractivity contribution is 5.95. The molecule has 1 amide bonds. The monoisotopic (exact) mass is 446 g/mol. The van der Waals surface area contributed by atoms with E-state index in [0.29, 0.717) is 18.3 Å². The molecule has 1 aliphatic heterocycles. The fourth-order valence-electron chi connectivity index (χ4n) is 5.33. The number of nitrogens with zero attached hydrogens (tertiary/aromatic N) is 6. The van der Waals surface area contributed by atoms with E-state index in [1.807, 2.05) is 46.0 Å². The van der Waals surface area contributed by atoms with Gasteiger partial charge in [-0.25, -0.2) is 4.98 Å². The number of amides is 1. The van der Waals surface area contributed by atoms with Crippen molar-refractivity contribution in [2.24, 2.45) is 0 Å². The predicted molar refractivity (Wildman–Crippen MR) is 129 cm³/mol. The van der Waals surface area contributed by atoms with Gasteiger partial charge in [-0.3, -0.25) is 24.0 Å². The molecule has 0 bridgehead atoms. The number of aryl methyl sites for hydroxylation is 1. The Hall–Kier alpha value is -2.77. The van der Waals surface area contributed by atoms with Crippen LogP contribution in [0.25, 0.3) is 5.65 Å². The zero-order chi connectivity index (χ0) is 22.9. The van der Waals surface area contributed by atoms with Crippen molar-refractivity contribution in [1.29, 1.82) is 0 Å². The maximum absolute atomic E-state index is 13.7. The number of aromatic nitrogens is 3. The van der Waals surface area contributed by atoms with Crippen molar-refractivity contribution in [2.45, 2.75) is 51.7 Å². The fraction of sp³-hybridized carbons (Fsp3) is 0.500. The molecule has 174 valence electrons. The highest BCUT2D eigenvalue weighted by Gasteiger charge is 2.30. The Labute approximate surface area is 196 Å². The van der Waals surface area contributed by atoms with E-state index < -0.39 is 0 Å². The fourth-order valence-corrected chi connectivity index (χ4v) is 5.33. The second kappa shape index (κ2) is 9.23. The van der Waals surface area contributed by atoms with Crippen molar-refractivity contribution < 1.29 is 4.79 Å². The van der Waals surface area contributed by atoms with E-state index in [4.69, 9.17) is 9.97 Å². The summed E-state index contributed by atoms with van der Waals surface area (Å²) in [5.74, 6) is 0.0858. The SMILES string of the molecule is CC(C)N1CCN(C(=O)c2c(CN(C)[C@H]3CCCc4cccnc43)nc3ccccn23)CC1. The van der Waals surface area contributed by atoms with Gasteiger partial charge >= 0.3 is 0 Å². The van der Waals surface area contributed by atoms with E-state index in [-0.39, 0.29) is 11.9 Å². The predicted octanol–water partition coefficient (Wildman–Crippen LogP) is 3.40. The minimum atomic E-state index is 0.0858. The summed E-state index contributed by atoms with van der Waals surface area (Å²) in [6.45, 7) is 8.40. The van der Waals surface area contributed by atoms with Gasteiger partial charge in [-0.05, 0) is 63.9 Å². The molecule has 0 spiro atoms. The first-order valence-electron chi connectivity index (χ1n) is 12.2. The molecular formula is C26H34N6O. The van der Waals surface area contributed by atoms with Crippen LogP contribution >= 0.6 is 0 Å². The molecule has 0 aromatic carbocycles. The first-order chi connectivity index (χ1) is 16.0. The van der Waals surface area contributed by atoms with E-state index in [1.165, 1.54) is 11.3 Å². The number of pyridine rings is 2. The number of rotatable bonds is 5. The molecule has 7 heteroatoms. The minimum absolute atomic E-state index is 0.0858. The van der Waals surface area contributed by atoms with Crippen molar-refractivity contribution in [3.05, 3.63) is 65.4 Å². The summed E-state index contributed by atoms with van der Waals surface area (Å²) in [6, 6.07) is 10.9. The Bertz CT molecular complexity index is 1130. The van der Waals surface area contributed by atoms with E-state index >= 15 is 0 Å². The largest absolute Gasteiger partial charge is 0.335 e. The van der Waals surface area contributed by atoms with Crippen LogP contribution in [0, 0.1) is 0 Å². The zero-order valence-electron chi connectivity index (χ0n) is 19.9. The highest BCUT2D eigenvalue weighted by atomic mass is 16.2. The average Bonchev–Trinajstić information content (AvgIpc) is 3.21. The van der Waals surface area contributed by atoms with Gasteiger partial charge in [-0.15, -0.1) is 0 Å². The Morgan fingerprint density at radius 2 is 1.97 bits per heavy atom. The summed E-state index contributed by atoms with van der Waals surface area (Å²) in [6.07, 6.45) is 7.18. The van der Waals surface area contributed by atoms with Gasteiger partial charge < -0.3 is 4.90 Å². The van der Waals surface area contributed by atoms with Gasteiger partial charge in [0.15, 0.2) is 0 Å². The van der Waals surface area contributed by atoms with E-state index in [0.717, 1.165) is 56.8 Å². The van der Waals surface area contributed by atoms with Crippen LogP contribution in [0.5, 0.6) is 0 Å². The smallest absolute Gasteiger partial charge is 0.272 e. The summed E-state index contributed by atoms with van der Waals surface area (Å²) in [4.78, 5) is 30.1. The molecule has 0 radical (unpaired) electrons. The first-order valence-corrected chi connectivity index (χ1v) is 12.2. The first kappa shape index (κ1) is 22.0. The van der Waals surface area contributed by atoms with Crippen molar-refractivity contribution in [2.75, 3.05) is 33.2 Å². The molecule has 2 aliphatic rings. The van der Waals surface area contributed by atoms with Crippen molar-refractivity contribution in [3.63, 3.8) is 0 Å². The number of imidazole rings is 1. The van der Waals surface area contributed by atoms with E-state index in [2.05, 4.69) is 36.8 Å². The van der Waals surface area contributed by atoms with Gasteiger partial charge in [0.1, 0.15) is 11.3 Å². The second-order valence-electron chi connectivity index (χ2n) is 9.63. The molecule has 1 fully saturated rings. The lowest BCUT2D eigenvalue weighted by atomic mass is 9.91. The Kier molecular flexibility index (Phi) is 6.17. The van der Waals surface area contributed by atoms with E-state index in [1.54, 1.807) is 0 Å². The molecule has 33 heavy (non-hydrogen) atoms. The van der Waals surface area contributed by atoms with Gasteiger partial charge in [0, 0.05) is 51.2 Å². The van der Waals surface area contributed by atoms with Crippen LogP contribution in [0.1, 0.15) is 60.2 Å². The average molecular weight is 447 g/mol. The topological polar surface area (TPSA) is 57.0 Å². The number of carbonyl (C=O) groups excluding carboxylic acids is 1. The van der Waals surface area contributed by atoms with Gasteiger partial charge in [0.25, 0.3) is 5.91 Å². The Morgan fingerprint density at radius 3 is 2.76 bits per heavy atom. The molecule has 5 rings (SSSR count). The van der Waals surface area contributed by atoms with Gasteiger partial charge in [0.05, 0.1) is 17.4 Å². The molecule has 3 aromatic heterocycles. The van der Waals surface area contributed by atoms with E-state index in [9.17, 15) is 4.79 Å². The summed E-state index contributed by atoms with van der Waals surface area (Å²) in [5, 5.41) is 0. The lowest BCUT2D eigenvalue weighted by Gasteiger charge is -2.37. The van der Waals surface area contributed by atoms with Crippen LogP contribution in [-0.2, 0) is 13.0 Å². The molecule has 4 heterocycles. The second-order valence-corrected chi connectivity index (χ2v) is 9.63. The number of hydrogen-bond acceptors (Lipinski definition) is 5. The normalized spacial score (nSPS) is 19.4. The molecule has 3 aromatic rings. The van der Waals surface area contributed by atoms with Gasteiger partial charge in [-0.1, -0.05) is 12.1 Å². The maximum atomic E-state index is 13.7. The van der Waals surface area contributed by atoms with Crippen molar-refractivity contribution in [1.82, 2.24) is 29.1 Å². The van der Waals surface area contributed by atoms with Crippen molar-refractivity contribution in [3.8, 4) is 0 Å². The highest BCUT2D eigenvalue weighted by Crippen LogP contribution is 2.33. The molecule has 0 saturated carbocycles. The lowest BCUT2D eigenvalue weighted by Crippen LogP contribution is -2.51.